The van der Waals surface area contributed by atoms with Gasteiger partial charge in [-0.15, -0.1) is 0 Å². The van der Waals surface area contributed by atoms with Gasteiger partial charge in [-0.2, -0.15) is 5.10 Å². The fourth-order valence-electron chi connectivity index (χ4n) is 3.88. The molecule has 0 aliphatic carbocycles. The molecule has 24 heavy (non-hydrogen) atoms. The Balaban J connectivity index is 1.55. The molecule has 5 heteroatoms. The lowest BCUT2D eigenvalue weighted by molar-refractivity contribution is 0.195. The number of aromatic nitrogens is 4. The molecule has 5 nitrogen and oxygen atoms in total. The van der Waals surface area contributed by atoms with E-state index in [1.807, 2.05) is 18.7 Å². The van der Waals surface area contributed by atoms with Gasteiger partial charge in [0.05, 0.1) is 5.69 Å². The van der Waals surface area contributed by atoms with E-state index in [0.29, 0.717) is 5.92 Å². The number of fused-ring (bicyclic) bond motifs is 1. The van der Waals surface area contributed by atoms with E-state index in [2.05, 4.69) is 52.1 Å². The van der Waals surface area contributed by atoms with Crippen LogP contribution in [-0.2, 0) is 20.6 Å². The summed E-state index contributed by atoms with van der Waals surface area (Å²) >= 11 is 0. The number of rotatable bonds is 3. The first-order chi connectivity index (χ1) is 11.6. The number of hydrogen-bond donors (Lipinski definition) is 0. The molecular formula is C19H25N5. The quantitative estimate of drug-likeness (QED) is 0.744. The molecule has 0 amide bonds. The Bertz CT molecular complexity index is 860. The molecule has 1 aliphatic rings. The van der Waals surface area contributed by atoms with Gasteiger partial charge < -0.3 is 4.57 Å². The van der Waals surface area contributed by atoms with Crippen LogP contribution in [0.4, 0.5) is 0 Å². The summed E-state index contributed by atoms with van der Waals surface area (Å²) in [7, 11) is 4.10. The van der Waals surface area contributed by atoms with Crippen molar-refractivity contribution in [1.29, 1.82) is 0 Å². The minimum Gasteiger partial charge on any atom is -0.353 e. The summed E-state index contributed by atoms with van der Waals surface area (Å²) < 4.78 is 4.12. The molecule has 4 rings (SSSR count). The molecule has 1 fully saturated rings. The van der Waals surface area contributed by atoms with E-state index < -0.39 is 0 Å². The van der Waals surface area contributed by atoms with Crippen molar-refractivity contribution >= 4 is 11.0 Å². The maximum atomic E-state index is 4.94. The topological polar surface area (TPSA) is 38.9 Å². The first-order valence-corrected chi connectivity index (χ1v) is 8.74. The highest BCUT2D eigenvalue weighted by atomic mass is 15.3. The summed E-state index contributed by atoms with van der Waals surface area (Å²) in [5.74, 6) is 0.513. The molecule has 0 radical (unpaired) electrons. The van der Waals surface area contributed by atoms with Crippen molar-refractivity contribution in [3.05, 3.63) is 47.5 Å². The molecule has 0 spiro atoms. The second kappa shape index (κ2) is 6.06. The van der Waals surface area contributed by atoms with Gasteiger partial charge >= 0.3 is 0 Å². The van der Waals surface area contributed by atoms with Crippen molar-refractivity contribution in [1.82, 2.24) is 24.2 Å². The summed E-state index contributed by atoms with van der Waals surface area (Å²) in [6.45, 7) is 5.33. The van der Waals surface area contributed by atoms with Crippen molar-refractivity contribution in [2.45, 2.75) is 32.2 Å². The number of nitrogens with zero attached hydrogens (tertiary/aromatic N) is 5. The molecule has 126 valence electrons. The summed E-state index contributed by atoms with van der Waals surface area (Å²) in [5, 5.41) is 5.66. The molecule has 0 saturated carbocycles. The normalized spacial score (nSPS) is 19.2. The summed E-state index contributed by atoms with van der Waals surface area (Å²) in [6.07, 6.45) is 4.58. The van der Waals surface area contributed by atoms with E-state index >= 15 is 0 Å². The Morgan fingerprint density at radius 2 is 2.08 bits per heavy atom. The van der Waals surface area contributed by atoms with Gasteiger partial charge in [-0.05, 0) is 50.6 Å². The minimum atomic E-state index is 0.513. The van der Waals surface area contributed by atoms with E-state index in [-0.39, 0.29) is 0 Å². The van der Waals surface area contributed by atoms with Gasteiger partial charge in [0.1, 0.15) is 0 Å². The number of likely N-dealkylation sites (tertiary alicyclic amines) is 1. The highest BCUT2D eigenvalue weighted by molar-refractivity contribution is 5.78. The van der Waals surface area contributed by atoms with Crippen molar-refractivity contribution in [2.75, 3.05) is 13.1 Å². The summed E-state index contributed by atoms with van der Waals surface area (Å²) in [5.41, 5.74) is 4.65. The first kappa shape index (κ1) is 15.4. The number of aryl methyl sites for hydroxylation is 3. The van der Waals surface area contributed by atoms with E-state index in [1.54, 1.807) is 0 Å². The highest BCUT2D eigenvalue weighted by Gasteiger charge is 2.23. The minimum absolute atomic E-state index is 0.513. The molecule has 0 bridgehead atoms. The molecular weight excluding hydrogens is 298 g/mol. The van der Waals surface area contributed by atoms with Gasteiger partial charge in [-0.3, -0.25) is 9.58 Å². The highest BCUT2D eigenvalue weighted by Crippen LogP contribution is 2.28. The second-order valence-electron chi connectivity index (χ2n) is 7.00. The zero-order valence-electron chi connectivity index (χ0n) is 14.7. The molecule has 1 saturated heterocycles. The predicted octanol–water partition coefficient (Wildman–Crippen LogP) is 2.99. The molecule has 0 aromatic carbocycles. The fraction of sp³-hybridized carbons (Fsp3) is 0.474. The zero-order valence-corrected chi connectivity index (χ0v) is 14.7. The molecule has 0 unspecified atom stereocenters. The molecule has 3 aromatic rings. The zero-order chi connectivity index (χ0) is 16.7. The molecule has 0 N–H and O–H groups in total. The van der Waals surface area contributed by atoms with Gasteiger partial charge in [0, 0.05) is 56.1 Å². The van der Waals surface area contributed by atoms with E-state index in [1.165, 1.54) is 30.8 Å². The Hall–Kier alpha value is -2.14. The largest absolute Gasteiger partial charge is 0.353 e. The Labute approximate surface area is 142 Å². The average Bonchev–Trinajstić information content (AvgIpc) is 3.11. The van der Waals surface area contributed by atoms with Crippen LogP contribution in [0.25, 0.3) is 11.0 Å². The van der Waals surface area contributed by atoms with Gasteiger partial charge in [0.15, 0.2) is 5.65 Å². The van der Waals surface area contributed by atoms with Crippen LogP contribution >= 0.6 is 0 Å². The lowest BCUT2D eigenvalue weighted by Gasteiger charge is -2.32. The third kappa shape index (κ3) is 2.73. The van der Waals surface area contributed by atoms with Crippen LogP contribution in [0.1, 0.15) is 35.8 Å². The van der Waals surface area contributed by atoms with Crippen molar-refractivity contribution < 1.29 is 0 Å². The fourth-order valence-corrected chi connectivity index (χ4v) is 3.88. The second-order valence-corrected chi connectivity index (χ2v) is 7.00. The number of hydrogen-bond acceptors (Lipinski definition) is 3. The number of piperidine rings is 1. The van der Waals surface area contributed by atoms with Crippen LogP contribution < -0.4 is 0 Å². The van der Waals surface area contributed by atoms with Crippen LogP contribution in [0, 0.1) is 6.92 Å². The molecule has 3 aromatic heterocycles. The Kier molecular flexibility index (Phi) is 3.88. The smallest absolute Gasteiger partial charge is 0.158 e. The first-order valence-electron chi connectivity index (χ1n) is 8.74. The lowest BCUT2D eigenvalue weighted by Crippen LogP contribution is -2.34. The van der Waals surface area contributed by atoms with Gasteiger partial charge in [-0.1, -0.05) is 0 Å². The molecule has 4 heterocycles. The SMILES string of the molecule is Cc1nn(C)c2nc([C@@H]3CCCN(Cc4cccn4C)C3)ccc12. The Morgan fingerprint density at radius 3 is 2.88 bits per heavy atom. The van der Waals surface area contributed by atoms with Gasteiger partial charge in [0.25, 0.3) is 0 Å². The molecule has 1 atom stereocenters. The van der Waals surface area contributed by atoms with E-state index in [9.17, 15) is 0 Å². The summed E-state index contributed by atoms with van der Waals surface area (Å²) in [6, 6.07) is 8.73. The third-order valence-corrected chi connectivity index (χ3v) is 5.25. The molecule has 1 aliphatic heterocycles. The van der Waals surface area contributed by atoms with Gasteiger partial charge in [0.2, 0.25) is 0 Å². The van der Waals surface area contributed by atoms with Crippen LogP contribution in [0.5, 0.6) is 0 Å². The third-order valence-electron chi connectivity index (χ3n) is 5.25. The van der Waals surface area contributed by atoms with Crippen molar-refractivity contribution in [2.24, 2.45) is 14.1 Å². The van der Waals surface area contributed by atoms with Crippen molar-refractivity contribution in [3.8, 4) is 0 Å². The van der Waals surface area contributed by atoms with Gasteiger partial charge in [-0.25, -0.2) is 4.98 Å². The standard InChI is InChI=1S/C19H25N5/c1-14-17-8-9-18(20-19(17)23(3)21-14)15-6-4-11-24(12-15)13-16-7-5-10-22(16)2/h5,7-10,15H,4,6,11-13H2,1-3H3/t15-/m1/s1. The summed E-state index contributed by atoms with van der Waals surface area (Å²) in [4.78, 5) is 7.50. The number of pyridine rings is 1. The monoisotopic (exact) mass is 323 g/mol. The predicted molar refractivity (Wildman–Crippen MR) is 95.9 cm³/mol. The maximum Gasteiger partial charge on any atom is 0.158 e. The van der Waals surface area contributed by atoms with Crippen LogP contribution in [-0.4, -0.2) is 37.3 Å². The van der Waals surface area contributed by atoms with E-state index in [0.717, 1.165) is 29.8 Å². The van der Waals surface area contributed by atoms with Crippen LogP contribution in [0.3, 0.4) is 0 Å². The van der Waals surface area contributed by atoms with Crippen LogP contribution in [0.2, 0.25) is 0 Å². The average molecular weight is 323 g/mol. The van der Waals surface area contributed by atoms with Crippen molar-refractivity contribution in [3.63, 3.8) is 0 Å². The maximum absolute atomic E-state index is 4.94. The Morgan fingerprint density at radius 1 is 1.21 bits per heavy atom. The lowest BCUT2D eigenvalue weighted by atomic mass is 9.94. The van der Waals surface area contributed by atoms with Crippen LogP contribution in [0.15, 0.2) is 30.5 Å². The van der Waals surface area contributed by atoms with E-state index in [4.69, 9.17) is 4.98 Å².